The first-order chi connectivity index (χ1) is 9.45. The van der Waals surface area contributed by atoms with Crippen molar-refractivity contribution in [3.05, 3.63) is 30.0 Å². The van der Waals surface area contributed by atoms with Crippen molar-refractivity contribution < 1.29 is 0 Å². The number of nitrogens with zero attached hydrogens (tertiary/aromatic N) is 2. The van der Waals surface area contributed by atoms with E-state index in [0.717, 1.165) is 26.2 Å². The summed E-state index contributed by atoms with van der Waals surface area (Å²) < 4.78 is 0. The minimum Gasteiger partial charge on any atom is -0.368 e. The Morgan fingerprint density at radius 2 is 1.75 bits per heavy atom. The molecule has 1 aromatic heterocycles. The topological polar surface area (TPSA) is 22.3 Å². The highest BCUT2D eigenvalue weighted by Gasteiger charge is 2.21. The third kappa shape index (κ3) is 2.42. The molecule has 0 radical (unpaired) electrons. The average molecular weight is 271 g/mol. The minimum atomic E-state index is 0.181. The average Bonchev–Trinajstić information content (AvgIpc) is 2.85. The van der Waals surface area contributed by atoms with E-state index < -0.39 is 0 Å². The predicted octanol–water partition coefficient (Wildman–Crippen LogP) is 3.22. The largest absolute Gasteiger partial charge is 0.368 e. The van der Waals surface area contributed by atoms with Crippen molar-refractivity contribution in [2.75, 3.05) is 38.1 Å². The molecule has 1 aliphatic heterocycles. The maximum atomic E-state index is 3.38. The van der Waals surface area contributed by atoms with E-state index in [-0.39, 0.29) is 5.41 Å². The molecule has 20 heavy (non-hydrogen) atoms. The molecule has 1 aliphatic rings. The summed E-state index contributed by atoms with van der Waals surface area (Å²) >= 11 is 0. The maximum absolute atomic E-state index is 3.38. The summed E-state index contributed by atoms with van der Waals surface area (Å²) in [4.78, 5) is 8.32. The van der Waals surface area contributed by atoms with Crippen LogP contribution in [0.25, 0.3) is 10.9 Å². The summed E-state index contributed by atoms with van der Waals surface area (Å²) in [5.74, 6) is 0. The maximum Gasteiger partial charge on any atom is 0.0477 e. The van der Waals surface area contributed by atoms with Gasteiger partial charge in [0.2, 0.25) is 0 Å². The first kappa shape index (κ1) is 13.5. The lowest BCUT2D eigenvalue weighted by molar-refractivity contribution is 0.313. The van der Waals surface area contributed by atoms with Crippen LogP contribution in [-0.4, -0.2) is 43.1 Å². The molecule has 3 nitrogen and oxygen atoms in total. The number of anilines is 1. The fraction of sp³-hybridized carbons (Fsp3) is 0.529. The van der Waals surface area contributed by atoms with Gasteiger partial charge in [-0.2, -0.15) is 0 Å². The normalized spacial score (nSPS) is 17.9. The third-order valence-electron chi connectivity index (χ3n) is 4.36. The monoisotopic (exact) mass is 271 g/mol. The quantitative estimate of drug-likeness (QED) is 0.860. The lowest BCUT2D eigenvalue weighted by Crippen LogP contribution is -2.44. The Hall–Kier alpha value is -1.48. The highest BCUT2D eigenvalue weighted by molar-refractivity contribution is 5.93. The van der Waals surface area contributed by atoms with Crippen LogP contribution in [0.15, 0.2) is 24.4 Å². The third-order valence-corrected chi connectivity index (χ3v) is 4.36. The second-order valence-corrected chi connectivity index (χ2v) is 6.97. The molecule has 0 saturated carbocycles. The zero-order valence-electron chi connectivity index (χ0n) is 13.0. The molecule has 3 heteroatoms. The number of H-pyrrole nitrogens is 1. The van der Waals surface area contributed by atoms with Gasteiger partial charge in [0.25, 0.3) is 0 Å². The standard InChI is InChI=1S/C17H25N3/c1-17(2,3)13-11-15-14(5-6-18-15)16(12-13)20-9-7-19(4)8-10-20/h5-6,11-12,18H,7-10H2,1-4H3. The molecule has 0 amide bonds. The van der Waals surface area contributed by atoms with Crippen LogP contribution in [-0.2, 0) is 5.41 Å². The number of benzene rings is 1. The van der Waals surface area contributed by atoms with Gasteiger partial charge in [-0.15, -0.1) is 0 Å². The molecule has 1 aromatic carbocycles. The van der Waals surface area contributed by atoms with E-state index in [9.17, 15) is 0 Å². The van der Waals surface area contributed by atoms with E-state index in [4.69, 9.17) is 0 Å². The summed E-state index contributed by atoms with van der Waals surface area (Å²) in [6.45, 7) is 11.4. The second-order valence-electron chi connectivity index (χ2n) is 6.97. The molecule has 0 bridgehead atoms. The summed E-state index contributed by atoms with van der Waals surface area (Å²) in [6.07, 6.45) is 2.05. The lowest BCUT2D eigenvalue weighted by Gasteiger charge is -2.35. The SMILES string of the molecule is CN1CCN(c2cc(C(C)(C)C)cc3[nH]ccc23)CC1. The first-order valence-electron chi connectivity index (χ1n) is 7.50. The van der Waals surface area contributed by atoms with Crippen LogP contribution < -0.4 is 4.90 Å². The van der Waals surface area contributed by atoms with Gasteiger partial charge in [-0.25, -0.2) is 0 Å². The number of aromatic nitrogens is 1. The van der Waals surface area contributed by atoms with Crippen LogP contribution in [0.5, 0.6) is 0 Å². The van der Waals surface area contributed by atoms with Crippen LogP contribution in [0.3, 0.4) is 0 Å². The van der Waals surface area contributed by atoms with E-state index >= 15 is 0 Å². The van der Waals surface area contributed by atoms with Crippen LogP contribution in [0, 0.1) is 0 Å². The van der Waals surface area contributed by atoms with Crippen molar-refractivity contribution in [2.24, 2.45) is 0 Å². The molecule has 1 fully saturated rings. The van der Waals surface area contributed by atoms with E-state index in [0.29, 0.717) is 0 Å². The van der Waals surface area contributed by atoms with E-state index in [1.807, 2.05) is 0 Å². The van der Waals surface area contributed by atoms with Crippen molar-refractivity contribution in [3.8, 4) is 0 Å². The number of fused-ring (bicyclic) bond motifs is 1. The van der Waals surface area contributed by atoms with E-state index in [2.05, 4.69) is 67.0 Å². The van der Waals surface area contributed by atoms with Crippen LogP contribution in [0.4, 0.5) is 5.69 Å². The van der Waals surface area contributed by atoms with Crippen LogP contribution in [0.2, 0.25) is 0 Å². The summed E-state index contributed by atoms with van der Waals surface area (Å²) in [5.41, 5.74) is 4.23. The summed E-state index contributed by atoms with van der Waals surface area (Å²) in [6, 6.07) is 6.89. The Kier molecular flexibility index (Phi) is 3.25. The minimum absolute atomic E-state index is 0.181. The molecule has 0 unspecified atom stereocenters. The predicted molar refractivity (Wildman–Crippen MR) is 86.7 cm³/mol. The van der Waals surface area contributed by atoms with Gasteiger partial charge in [-0.05, 0) is 36.2 Å². The molecular formula is C17H25N3. The molecule has 1 saturated heterocycles. The van der Waals surface area contributed by atoms with Gasteiger partial charge in [0, 0.05) is 49.0 Å². The van der Waals surface area contributed by atoms with Crippen molar-refractivity contribution in [1.29, 1.82) is 0 Å². The zero-order valence-corrected chi connectivity index (χ0v) is 13.0. The zero-order chi connectivity index (χ0) is 14.3. The molecule has 1 N–H and O–H groups in total. The van der Waals surface area contributed by atoms with Gasteiger partial charge in [0.1, 0.15) is 0 Å². The van der Waals surface area contributed by atoms with E-state index in [1.54, 1.807) is 0 Å². The molecular weight excluding hydrogens is 246 g/mol. The van der Waals surface area contributed by atoms with Crippen molar-refractivity contribution in [2.45, 2.75) is 26.2 Å². The van der Waals surface area contributed by atoms with Crippen LogP contribution in [0.1, 0.15) is 26.3 Å². The molecule has 2 aromatic rings. The lowest BCUT2D eigenvalue weighted by atomic mass is 9.86. The van der Waals surface area contributed by atoms with Crippen LogP contribution >= 0.6 is 0 Å². The van der Waals surface area contributed by atoms with Gasteiger partial charge in [-0.3, -0.25) is 0 Å². The highest BCUT2D eigenvalue weighted by Crippen LogP contribution is 2.33. The summed E-state index contributed by atoms with van der Waals surface area (Å²) in [7, 11) is 2.20. The van der Waals surface area contributed by atoms with Gasteiger partial charge in [-0.1, -0.05) is 20.8 Å². The number of hydrogen-bond acceptors (Lipinski definition) is 2. The highest BCUT2D eigenvalue weighted by atomic mass is 15.2. The Balaban J connectivity index is 2.06. The van der Waals surface area contributed by atoms with Crippen molar-refractivity contribution in [3.63, 3.8) is 0 Å². The fourth-order valence-corrected chi connectivity index (χ4v) is 2.89. The van der Waals surface area contributed by atoms with Gasteiger partial charge < -0.3 is 14.8 Å². The van der Waals surface area contributed by atoms with Crippen molar-refractivity contribution >= 4 is 16.6 Å². The Morgan fingerprint density at radius 3 is 2.40 bits per heavy atom. The number of nitrogens with one attached hydrogen (secondary N) is 1. The van der Waals surface area contributed by atoms with Crippen molar-refractivity contribution in [1.82, 2.24) is 9.88 Å². The second kappa shape index (κ2) is 4.81. The smallest absolute Gasteiger partial charge is 0.0477 e. The molecule has 0 aliphatic carbocycles. The number of rotatable bonds is 1. The Labute approximate surface area is 121 Å². The number of aromatic amines is 1. The molecule has 108 valence electrons. The van der Waals surface area contributed by atoms with Gasteiger partial charge in [0.05, 0.1) is 0 Å². The van der Waals surface area contributed by atoms with Gasteiger partial charge >= 0.3 is 0 Å². The number of hydrogen-bond donors (Lipinski definition) is 1. The first-order valence-corrected chi connectivity index (χ1v) is 7.50. The fourth-order valence-electron chi connectivity index (χ4n) is 2.89. The Morgan fingerprint density at radius 1 is 1.05 bits per heavy atom. The van der Waals surface area contributed by atoms with E-state index in [1.165, 1.54) is 22.2 Å². The Bertz CT molecular complexity index is 598. The molecule has 0 atom stereocenters. The summed E-state index contributed by atoms with van der Waals surface area (Å²) in [5, 5.41) is 1.35. The molecule has 0 spiro atoms. The molecule has 3 rings (SSSR count). The number of piperazine rings is 1. The molecule has 2 heterocycles. The van der Waals surface area contributed by atoms with Gasteiger partial charge in [0.15, 0.2) is 0 Å². The number of likely N-dealkylation sites (N-methyl/N-ethyl adjacent to an activating group) is 1.